The topological polar surface area (TPSA) is 52.6 Å². The van der Waals surface area contributed by atoms with Crippen molar-refractivity contribution in [2.24, 2.45) is 0 Å². The minimum absolute atomic E-state index is 0.0919. The highest BCUT2D eigenvalue weighted by Crippen LogP contribution is 2.16. The Morgan fingerprint density at radius 2 is 0.825 bits per heavy atom. The molecule has 232 valence electrons. The van der Waals surface area contributed by atoms with Crippen molar-refractivity contribution >= 4 is 11.9 Å². The Labute approximate surface area is 248 Å². The smallest absolute Gasteiger partial charge is 0.306 e. The van der Waals surface area contributed by atoms with Gasteiger partial charge in [-0.3, -0.25) is 9.59 Å². The van der Waals surface area contributed by atoms with E-state index in [1.54, 1.807) is 0 Å². The van der Waals surface area contributed by atoms with Crippen LogP contribution in [0.2, 0.25) is 0 Å². The molecule has 0 saturated carbocycles. The lowest BCUT2D eigenvalue weighted by atomic mass is 10.0. The lowest BCUT2D eigenvalue weighted by molar-refractivity contribution is -0.143. The van der Waals surface area contributed by atoms with Gasteiger partial charge in [-0.2, -0.15) is 0 Å². The molecule has 4 nitrogen and oxygen atoms in total. The number of unbranched alkanes of at least 4 members (excludes halogenated alkanes) is 16. The highest BCUT2D eigenvalue weighted by molar-refractivity contribution is 5.69. The molecule has 0 radical (unpaired) electrons. The molecular weight excluding hydrogens is 496 g/mol. The van der Waals surface area contributed by atoms with Crippen LogP contribution in [-0.4, -0.2) is 25.2 Å². The van der Waals surface area contributed by atoms with E-state index in [-0.39, 0.29) is 11.9 Å². The van der Waals surface area contributed by atoms with Crippen molar-refractivity contribution in [2.75, 3.05) is 13.2 Å². The van der Waals surface area contributed by atoms with Gasteiger partial charge in [0.1, 0.15) is 13.2 Å². The van der Waals surface area contributed by atoms with Crippen LogP contribution in [0.3, 0.4) is 0 Å². The number of carbonyl (C=O) groups excluding carboxylic acids is 2. The van der Waals surface area contributed by atoms with Gasteiger partial charge in [-0.1, -0.05) is 127 Å². The molecule has 0 rings (SSSR count). The van der Waals surface area contributed by atoms with Crippen LogP contribution in [-0.2, 0) is 19.1 Å². The van der Waals surface area contributed by atoms with Crippen molar-refractivity contribution in [3.63, 3.8) is 0 Å². The number of allylic oxidation sites excluding steroid dienone is 3. The van der Waals surface area contributed by atoms with Crippen LogP contribution in [0.5, 0.6) is 0 Å². The molecule has 0 fully saturated rings. The molecular formula is C36H64O4. The number of esters is 2. The van der Waals surface area contributed by atoms with E-state index in [1.165, 1.54) is 82.6 Å². The first-order valence-electron chi connectivity index (χ1n) is 16.9. The molecule has 0 amide bonds. The molecule has 0 aromatic carbocycles. The monoisotopic (exact) mass is 560 g/mol. The van der Waals surface area contributed by atoms with E-state index < -0.39 is 0 Å². The minimum atomic E-state index is -0.0919. The normalized spacial score (nSPS) is 11.4. The summed E-state index contributed by atoms with van der Waals surface area (Å²) in [6.45, 7) is 9.49. The van der Waals surface area contributed by atoms with E-state index in [4.69, 9.17) is 9.47 Å². The van der Waals surface area contributed by atoms with Gasteiger partial charge in [0, 0.05) is 12.8 Å². The van der Waals surface area contributed by atoms with Crippen molar-refractivity contribution in [3.05, 3.63) is 36.5 Å². The molecule has 0 aliphatic heterocycles. The second-order valence-corrected chi connectivity index (χ2v) is 11.3. The van der Waals surface area contributed by atoms with E-state index in [2.05, 4.69) is 32.6 Å². The Morgan fingerprint density at radius 3 is 1.25 bits per heavy atom. The molecule has 4 heteroatoms. The Morgan fingerprint density at radius 1 is 0.475 bits per heavy atom. The molecule has 40 heavy (non-hydrogen) atoms. The molecule has 0 aromatic rings. The first-order valence-corrected chi connectivity index (χ1v) is 16.9. The number of ether oxygens (including phenoxy) is 2. The standard InChI is InChI=1S/C36H64O4/c1-4-6-8-10-12-14-16-18-26-32-39-35(37)30-24-20-22-28-34(3)29-23-21-25-31-36(38)40-33-27-19-17-15-13-11-9-7-5-2/h18-19,26-27H,3-17,20-25,28-33H2,1-2H3. The highest BCUT2D eigenvalue weighted by Gasteiger charge is 2.04. The van der Waals surface area contributed by atoms with E-state index in [0.717, 1.165) is 64.2 Å². The third-order valence-electron chi connectivity index (χ3n) is 7.29. The largest absolute Gasteiger partial charge is 0.461 e. The van der Waals surface area contributed by atoms with Crippen LogP contribution >= 0.6 is 0 Å². The van der Waals surface area contributed by atoms with Crippen LogP contribution in [0.1, 0.15) is 168 Å². The van der Waals surface area contributed by atoms with Crippen LogP contribution in [0.4, 0.5) is 0 Å². The summed E-state index contributed by atoms with van der Waals surface area (Å²) in [5.74, 6) is -0.184. The van der Waals surface area contributed by atoms with Gasteiger partial charge in [0.2, 0.25) is 0 Å². The molecule has 0 bridgehead atoms. The first-order chi connectivity index (χ1) is 19.6. The summed E-state index contributed by atoms with van der Waals surface area (Å²) in [4.78, 5) is 23.7. The molecule has 0 heterocycles. The van der Waals surface area contributed by atoms with Gasteiger partial charge in [0.15, 0.2) is 0 Å². The van der Waals surface area contributed by atoms with Gasteiger partial charge in [0.25, 0.3) is 0 Å². The summed E-state index contributed by atoms with van der Waals surface area (Å²) in [5.41, 5.74) is 1.27. The second kappa shape index (κ2) is 31.7. The first kappa shape index (κ1) is 38.2. The maximum absolute atomic E-state index is 11.9. The second-order valence-electron chi connectivity index (χ2n) is 11.3. The summed E-state index contributed by atoms with van der Waals surface area (Å²) >= 11 is 0. The molecule has 0 atom stereocenters. The van der Waals surface area contributed by atoms with Crippen molar-refractivity contribution < 1.29 is 19.1 Å². The highest BCUT2D eigenvalue weighted by atomic mass is 16.5. The van der Waals surface area contributed by atoms with E-state index in [9.17, 15) is 9.59 Å². The average Bonchev–Trinajstić information content (AvgIpc) is 2.94. The zero-order valence-electron chi connectivity index (χ0n) is 26.5. The Kier molecular flexibility index (Phi) is 30.2. The van der Waals surface area contributed by atoms with Gasteiger partial charge >= 0.3 is 11.9 Å². The van der Waals surface area contributed by atoms with Crippen LogP contribution in [0.25, 0.3) is 0 Å². The van der Waals surface area contributed by atoms with Crippen molar-refractivity contribution in [3.8, 4) is 0 Å². The van der Waals surface area contributed by atoms with Crippen molar-refractivity contribution in [1.82, 2.24) is 0 Å². The number of hydrogen-bond acceptors (Lipinski definition) is 4. The third kappa shape index (κ3) is 30.7. The van der Waals surface area contributed by atoms with E-state index in [0.29, 0.717) is 26.1 Å². The third-order valence-corrected chi connectivity index (χ3v) is 7.29. The van der Waals surface area contributed by atoms with Crippen LogP contribution in [0, 0.1) is 0 Å². The number of hydrogen-bond donors (Lipinski definition) is 0. The fourth-order valence-electron chi connectivity index (χ4n) is 4.65. The lowest BCUT2D eigenvalue weighted by Crippen LogP contribution is -2.04. The van der Waals surface area contributed by atoms with Crippen LogP contribution < -0.4 is 0 Å². The summed E-state index contributed by atoms with van der Waals surface area (Å²) in [5, 5.41) is 0. The summed E-state index contributed by atoms with van der Waals surface area (Å²) in [7, 11) is 0. The molecule has 0 spiro atoms. The van der Waals surface area contributed by atoms with Crippen molar-refractivity contribution in [2.45, 2.75) is 168 Å². The average molecular weight is 561 g/mol. The van der Waals surface area contributed by atoms with Crippen LogP contribution in [0.15, 0.2) is 36.5 Å². The van der Waals surface area contributed by atoms with Crippen molar-refractivity contribution in [1.29, 1.82) is 0 Å². The van der Waals surface area contributed by atoms with Gasteiger partial charge in [0.05, 0.1) is 0 Å². The van der Waals surface area contributed by atoms with Gasteiger partial charge in [-0.15, -0.1) is 0 Å². The van der Waals surface area contributed by atoms with Gasteiger partial charge in [-0.25, -0.2) is 0 Å². The Balaban J connectivity index is 3.46. The number of carbonyl (C=O) groups is 2. The predicted octanol–water partition coefficient (Wildman–Crippen LogP) is 11.1. The summed E-state index contributed by atoms with van der Waals surface area (Å²) < 4.78 is 10.6. The molecule has 0 unspecified atom stereocenters. The quantitative estimate of drug-likeness (QED) is 0.0498. The SMILES string of the molecule is C=C(CCCCCC(=O)OCC=CCCCCCCCC)CCCCCC(=O)OCC=CCCCCCCCC. The minimum Gasteiger partial charge on any atom is -0.461 e. The number of rotatable bonds is 30. The molecule has 0 N–H and O–H groups in total. The lowest BCUT2D eigenvalue weighted by Gasteiger charge is -2.06. The summed E-state index contributed by atoms with van der Waals surface area (Å²) in [6.07, 6.45) is 35.1. The maximum Gasteiger partial charge on any atom is 0.306 e. The Bertz CT molecular complexity index is 595. The molecule has 0 saturated heterocycles. The Hall–Kier alpha value is -1.84. The fourth-order valence-corrected chi connectivity index (χ4v) is 4.65. The van der Waals surface area contributed by atoms with Gasteiger partial charge in [-0.05, 0) is 64.2 Å². The van der Waals surface area contributed by atoms with E-state index >= 15 is 0 Å². The zero-order valence-corrected chi connectivity index (χ0v) is 26.5. The fraction of sp³-hybridized carbons (Fsp3) is 0.778. The summed E-state index contributed by atoms with van der Waals surface area (Å²) in [6, 6.07) is 0. The van der Waals surface area contributed by atoms with E-state index in [1.807, 2.05) is 12.2 Å². The molecule has 0 aliphatic carbocycles. The molecule has 0 aliphatic rings. The zero-order chi connectivity index (χ0) is 29.4. The van der Waals surface area contributed by atoms with Gasteiger partial charge < -0.3 is 9.47 Å². The molecule has 0 aromatic heterocycles. The maximum atomic E-state index is 11.9. The predicted molar refractivity (Wildman–Crippen MR) is 171 cm³/mol.